The van der Waals surface area contributed by atoms with Crippen LogP contribution >= 0.6 is 0 Å². The van der Waals surface area contributed by atoms with E-state index in [4.69, 9.17) is 4.52 Å². The number of aryl methyl sites for hydroxylation is 1. The molecule has 1 aromatic heterocycles. The molecule has 0 saturated carbocycles. The van der Waals surface area contributed by atoms with E-state index >= 15 is 0 Å². The molecule has 1 N–H and O–H groups in total. The highest BCUT2D eigenvalue weighted by Gasteiger charge is 2.11. The molecule has 0 spiro atoms. The van der Waals surface area contributed by atoms with Crippen LogP contribution in [0.3, 0.4) is 0 Å². The number of nitrogens with one attached hydrogen (secondary N) is 1. The Morgan fingerprint density at radius 2 is 1.75 bits per heavy atom. The molecule has 0 unspecified atom stereocenters. The van der Waals surface area contributed by atoms with Gasteiger partial charge in [-0.25, -0.2) is 4.39 Å². The lowest BCUT2D eigenvalue weighted by Gasteiger charge is -2.10. The van der Waals surface area contributed by atoms with Crippen molar-refractivity contribution in [2.45, 2.75) is 25.9 Å². The molecule has 0 aliphatic carbocycles. The van der Waals surface area contributed by atoms with Gasteiger partial charge < -0.3 is 14.7 Å². The van der Waals surface area contributed by atoms with Crippen LogP contribution in [0, 0.1) is 5.82 Å². The van der Waals surface area contributed by atoms with Crippen molar-refractivity contribution in [2.24, 2.45) is 0 Å². The molecular weight excluding hydrogens is 359 g/mol. The van der Waals surface area contributed by atoms with Gasteiger partial charge in [0, 0.05) is 31.5 Å². The van der Waals surface area contributed by atoms with Crippen molar-refractivity contribution in [3.05, 3.63) is 71.4 Å². The van der Waals surface area contributed by atoms with Crippen LogP contribution < -0.4 is 5.32 Å². The molecule has 3 aromatic rings. The first-order valence-corrected chi connectivity index (χ1v) is 9.07. The summed E-state index contributed by atoms with van der Waals surface area (Å²) in [6, 6.07) is 14.0. The lowest BCUT2D eigenvalue weighted by molar-refractivity contribution is -0.121. The van der Waals surface area contributed by atoms with E-state index < -0.39 is 0 Å². The molecular formula is C21H23FN4O2. The second-order valence-electron chi connectivity index (χ2n) is 6.85. The number of carbonyl (C=O) groups excluding carboxylic acids is 1. The number of hydrogen-bond donors (Lipinski definition) is 1. The number of hydrogen-bond acceptors (Lipinski definition) is 5. The van der Waals surface area contributed by atoms with Gasteiger partial charge >= 0.3 is 0 Å². The molecule has 0 radical (unpaired) electrons. The standard InChI is InChI=1S/C21H23FN4O2/c1-26(2)14-16-5-3-15(4-6-16)13-23-19(27)11-12-20-24-21(25-28-20)17-7-9-18(22)10-8-17/h3-10H,11-14H2,1-2H3,(H,23,27). The zero-order valence-electron chi connectivity index (χ0n) is 16.0. The van der Waals surface area contributed by atoms with Crippen molar-refractivity contribution in [2.75, 3.05) is 14.1 Å². The summed E-state index contributed by atoms with van der Waals surface area (Å²) in [4.78, 5) is 18.4. The normalized spacial score (nSPS) is 11.0. The van der Waals surface area contributed by atoms with Crippen molar-refractivity contribution < 1.29 is 13.7 Å². The Hall–Kier alpha value is -3.06. The molecule has 28 heavy (non-hydrogen) atoms. The van der Waals surface area contributed by atoms with Crippen molar-refractivity contribution in [1.82, 2.24) is 20.4 Å². The van der Waals surface area contributed by atoms with Crippen LogP contribution in [0.2, 0.25) is 0 Å². The van der Waals surface area contributed by atoms with E-state index in [0.29, 0.717) is 30.2 Å². The number of aromatic nitrogens is 2. The third-order valence-corrected chi connectivity index (χ3v) is 4.15. The van der Waals surface area contributed by atoms with E-state index in [9.17, 15) is 9.18 Å². The van der Waals surface area contributed by atoms with E-state index in [1.54, 1.807) is 12.1 Å². The second kappa shape index (κ2) is 9.23. The first-order chi connectivity index (χ1) is 13.5. The number of nitrogens with zero attached hydrogens (tertiary/aromatic N) is 3. The van der Waals surface area contributed by atoms with Gasteiger partial charge in [-0.3, -0.25) is 4.79 Å². The minimum atomic E-state index is -0.323. The fourth-order valence-electron chi connectivity index (χ4n) is 2.71. The molecule has 146 valence electrons. The van der Waals surface area contributed by atoms with Gasteiger partial charge in [-0.15, -0.1) is 0 Å². The third kappa shape index (κ3) is 5.72. The molecule has 0 aliphatic rings. The van der Waals surface area contributed by atoms with Gasteiger partial charge in [0.1, 0.15) is 5.82 Å². The highest BCUT2D eigenvalue weighted by molar-refractivity contribution is 5.76. The summed E-state index contributed by atoms with van der Waals surface area (Å²) in [6.45, 7) is 1.36. The van der Waals surface area contributed by atoms with Crippen LogP contribution in [0.15, 0.2) is 53.1 Å². The molecule has 0 bridgehead atoms. The maximum atomic E-state index is 13.0. The van der Waals surface area contributed by atoms with Crippen molar-refractivity contribution in [1.29, 1.82) is 0 Å². The molecule has 0 fully saturated rings. The van der Waals surface area contributed by atoms with Crippen LogP contribution in [0.5, 0.6) is 0 Å². The van der Waals surface area contributed by atoms with Gasteiger partial charge in [-0.2, -0.15) is 4.98 Å². The minimum absolute atomic E-state index is 0.0844. The average Bonchev–Trinajstić information content (AvgIpc) is 3.15. The van der Waals surface area contributed by atoms with Gasteiger partial charge in [0.2, 0.25) is 17.6 Å². The van der Waals surface area contributed by atoms with Crippen molar-refractivity contribution >= 4 is 5.91 Å². The predicted octanol–water partition coefficient (Wildman–Crippen LogP) is 3.19. The molecule has 6 nitrogen and oxygen atoms in total. The maximum absolute atomic E-state index is 13.0. The number of benzene rings is 2. The summed E-state index contributed by atoms with van der Waals surface area (Å²) in [7, 11) is 4.06. The van der Waals surface area contributed by atoms with Gasteiger partial charge in [0.25, 0.3) is 0 Å². The fourth-order valence-corrected chi connectivity index (χ4v) is 2.71. The van der Waals surface area contributed by atoms with Gasteiger partial charge in [0.15, 0.2) is 0 Å². The van der Waals surface area contributed by atoms with Crippen LogP contribution in [0.25, 0.3) is 11.4 Å². The van der Waals surface area contributed by atoms with Gasteiger partial charge in [0.05, 0.1) is 0 Å². The molecule has 1 amide bonds. The second-order valence-corrected chi connectivity index (χ2v) is 6.85. The van der Waals surface area contributed by atoms with Crippen LogP contribution in [-0.2, 0) is 24.3 Å². The molecule has 0 atom stereocenters. The summed E-state index contributed by atoms with van der Waals surface area (Å²) in [5.41, 5.74) is 2.94. The molecule has 0 aliphatic heterocycles. The van der Waals surface area contributed by atoms with Gasteiger partial charge in [-0.05, 0) is 49.5 Å². The number of halogens is 1. The Bertz CT molecular complexity index is 905. The Morgan fingerprint density at radius 1 is 1.07 bits per heavy atom. The highest BCUT2D eigenvalue weighted by Crippen LogP contribution is 2.16. The van der Waals surface area contributed by atoms with E-state index in [1.165, 1.54) is 17.7 Å². The van der Waals surface area contributed by atoms with Crippen LogP contribution in [0.4, 0.5) is 4.39 Å². The molecule has 3 rings (SSSR count). The summed E-state index contributed by atoms with van der Waals surface area (Å²) in [6.07, 6.45) is 0.603. The predicted molar refractivity (Wildman–Crippen MR) is 104 cm³/mol. The fraction of sp³-hybridized carbons (Fsp3) is 0.286. The topological polar surface area (TPSA) is 71.3 Å². The Labute approximate surface area is 163 Å². The summed E-state index contributed by atoms with van der Waals surface area (Å²) in [5.74, 6) is 0.353. The molecule has 0 saturated heterocycles. The van der Waals surface area contributed by atoms with E-state index in [0.717, 1.165) is 12.1 Å². The molecule has 1 heterocycles. The first-order valence-electron chi connectivity index (χ1n) is 9.07. The average molecular weight is 382 g/mol. The molecule has 7 heteroatoms. The lowest BCUT2D eigenvalue weighted by atomic mass is 10.1. The Kier molecular flexibility index (Phi) is 6.49. The SMILES string of the molecule is CN(C)Cc1ccc(CNC(=O)CCc2nc(-c3ccc(F)cc3)no2)cc1. The van der Waals surface area contributed by atoms with Crippen molar-refractivity contribution in [3.8, 4) is 11.4 Å². The van der Waals surface area contributed by atoms with Crippen LogP contribution in [0.1, 0.15) is 23.4 Å². The van der Waals surface area contributed by atoms with Crippen LogP contribution in [-0.4, -0.2) is 35.0 Å². The zero-order chi connectivity index (χ0) is 19.9. The first kappa shape index (κ1) is 19.7. The summed E-state index contributed by atoms with van der Waals surface area (Å²) < 4.78 is 18.1. The summed E-state index contributed by atoms with van der Waals surface area (Å²) in [5, 5.41) is 6.77. The van der Waals surface area contributed by atoms with Crippen molar-refractivity contribution in [3.63, 3.8) is 0 Å². The monoisotopic (exact) mass is 382 g/mol. The Balaban J connectivity index is 1.45. The minimum Gasteiger partial charge on any atom is -0.352 e. The summed E-state index contributed by atoms with van der Waals surface area (Å²) >= 11 is 0. The highest BCUT2D eigenvalue weighted by atomic mass is 19.1. The number of amides is 1. The number of carbonyl (C=O) groups is 1. The Morgan fingerprint density at radius 3 is 2.43 bits per heavy atom. The largest absolute Gasteiger partial charge is 0.352 e. The third-order valence-electron chi connectivity index (χ3n) is 4.15. The zero-order valence-corrected chi connectivity index (χ0v) is 16.0. The van der Waals surface area contributed by atoms with E-state index in [2.05, 4.69) is 32.5 Å². The quantitative estimate of drug-likeness (QED) is 0.648. The lowest BCUT2D eigenvalue weighted by Crippen LogP contribution is -2.23. The maximum Gasteiger partial charge on any atom is 0.227 e. The number of rotatable bonds is 8. The van der Waals surface area contributed by atoms with E-state index in [1.807, 2.05) is 26.2 Å². The van der Waals surface area contributed by atoms with E-state index in [-0.39, 0.29) is 18.1 Å². The molecule has 2 aromatic carbocycles. The smallest absolute Gasteiger partial charge is 0.227 e. The van der Waals surface area contributed by atoms with Gasteiger partial charge in [-0.1, -0.05) is 29.4 Å².